The SMILES string of the molecule is CCOC(=O)NN=C(CN(C(=O)OCc1ccccc1)[C@H]1CC[C@@H]2CCN(C(=O)OCc3ccccc3)[C@@H]21)c1ccccc1. The average molecular weight is 599 g/mol. The highest BCUT2D eigenvalue weighted by Gasteiger charge is 2.50. The standard InChI is InChI=1S/C34H38N4O6/c1-2-42-32(39)36-35-29(27-16-10-5-11-17-27)22-38(34(41)44-24-26-14-8-4-9-15-26)30-19-18-28-20-21-37(31(28)30)33(40)43-23-25-12-6-3-7-13-25/h3-17,28,30-31H,2,18-24H2,1H3,(H,36,39)/t28-,30+,31+/m1/s1. The second kappa shape index (κ2) is 15.0. The lowest BCUT2D eigenvalue weighted by Gasteiger charge is -2.36. The van der Waals surface area contributed by atoms with Crippen molar-refractivity contribution in [1.82, 2.24) is 15.2 Å². The molecule has 5 rings (SSSR count). The Hall–Kier alpha value is -4.86. The van der Waals surface area contributed by atoms with Crippen LogP contribution in [0, 0.1) is 5.92 Å². The van der Waals surface area contributed by atoms with Gasteiger partial charge in [-0.3, -0.25) is 4.90 Å². The van der Waals surface area contributed by atoms with Crippen molar-refractivity contribution in [2.24, 2.45) is 11.0 Å². The van der Waals surface area contributed by atoms with E-state index < -0.39 is 18.3 Å². The van der Waals surface area contributed by atoms with E-state index in [1.54, 1.807) is 16.7 Å². The molecule has 230 valence electrons. The molecular weight excluding hydrogens is 560 g/mol. The first-order chi connectivity index (χ1) is 21.5. The molecule has 3 aromatic carbocycles. The predicted molar refractivity (Wildman–Crippen MR) is 165 cm³/mol. The van der Waals surface area contributed by atoms with E-state index >= 15 is 0 Å². The van der Waals surface area contributed by atoms with Crippen LogP contribution in [0.4, 0.5) is 14.4 Å². The highest BCUT2D eigenvalue weighted by Crippen LogP contribution is 2.41. The van der Waals surface area contributed by atoms with E-state index in [-0.39, 0.29) is 44.4 Å². The molecule has 1 N–H and O–H groups in total. The minimum absolute atomic E-state index is 0.0465. The number of nitrogens with one attached hydrogen (secondary N) is 1. The van der Waals surface area contributed by atoms with Crippen molar-refractivity contribution >= 4 is 24.0 Å². The van der Waals surface area contributed by atoms with Gasteiger partial charge in [0.25, 0.3) is 0 Å². The number of hydrogen-bond donors (Lipinski definition) is 1. The minimum Gasteiger partial charge on any atom is -0.449 e. The third-order valence-electron chi connectivity index (χ3n) is 8.08. The Morgan fingerprint density at radius 2 is 1.43 bits per heavy atom. The van der Waals surface area contributed by atoms with Crippen LogP contribution < -0.4 is 5.43 Å². The molecule has 44 heavy (non-hydrogen) atoms. The van der Waals surface area contributed by atoms with Gasteiger partial charge in [0.1, 0.15) is 13.2 Å². The van der Waals surface area contributed by atoms with Gasteiger partial charge in [-0.1, -0.05) is 91.0 Å². The van der Waals surface area contributed by atoms with E-state index in [4.69, 9.17) is 14.2 Å². The van der Waals surface area contributed by atoms with Gasteiger partial charge in [-0.15, -0.1) is 0 Å². The molecule has 10 nitrogen and oxygen atoms in total. The van der Waals surface area contributed by atoms with Crippen molar-refractivity contribution in [2.45, 2.75) is 51.5 Å². The fraction of sp³-hybridized carbons (Fsp3) is 0.353. The van der Waals surface area contributed by atoms with E-state index in [0.29, 0.717) is 18.7 Å². The monoisotopic (exact) mass is 598 g/mol. The summed E-state index contributed by atoms with van der Waals surface area (Å²) in [6, 6.07) is 27.8. The molecule has 1 aliphatic heterocycles. The number of carbonyl (C=O) groups excluding carboxylic acids is 3. The Labute approximate surface area is 257 Å². The molecule has 1 aliphatic carbocycles. The molecule has 3 atom stereocenters. The number of benzene rings is 3. The highest BCUT2D eigenvalue weighted by molar-refractivity contribution is 6.03. The highest BCUT2D eigenvalue weighted by atomic mass is 16.6. The largest absolute Gasteiger partial charge is 0.449 e. The zero-order valence-electron chi connectivity index (χ0n) is 24.8. The van der Waals surface area contributed by atoms with Crippen molar-refractivity contribution < 1.29 is 28.6 Å². The smallest absolute Gasteiger partial charge is 0.427 e. The number of fused-ring (bicyclic) bond motifs is 1. The second-order valence-electron chi connectivity index (χ2n) is 10.8. The zero-order valence-corrected chi connectivity index (χ0v) is 24.8. The van der Waals surface area contributed by atoms with Crippen LogP contribution in [0.2, 0.25) is 0 Å². The lowest BCUT2D eigenvalue weighted by Crippen LogP contribution is -2.53. The van der Waals surface area contributed by atoms with Crippen LogP contribution in [0.15, 0.2) is 96.1 Å². The zero-order chi connectivity index (χ0) is 30.7. The van der Waals surface area contributed by atoms with Gasteiger partial charge in [-0.05, 0) is 48.8 Å². The summed E-state index contributed by atoms with van der Waals surface area (Å²) >= 11 is 0. The first-order valence-corrected chi connectivity index (χ1v) is 15.0. The maximum atomic E-state index is 13.9. The van der Waals surface area contributed by atoms with E-state index in [9.17, 15) is 14.4 Å². The number of rotatable bonds is 10. The Bertz CT molecular complexity index is 1420. The molecule has 0 unspecified atom stereocenters. The lowest BCUT2D eigenvalue weighted by atomic mass is 10.0. The van der Waals surface area contributed by atoms with Crippen LogP contribution in [0.5, 0.6) is 0 Å². The predicted octanol–water partition coefficient (Wildman–Crippen LogP) is 5.97. The number of carbonyl (C=O) groups is 3. The molecular formula is C34H38N4O6. The third kappa shape index (κ3) is 7.75. The van der Waals surface area contributed by atoms with Gasteiger partial charge in [0.15, 0.2) is 0 Å². The van der Waals surface area contributed by atoms with Gasteiger partial charge in [-0.25, -0.2) is 19.8 Å². The summed E-state index contributed by atoms with van der Waals surface area (Å²) in [5, 5.41) is 4.36. The number of amides is 3. The summed E-state index contributed by atoms with van der Waals surface area (Å²) < 4.78 is 16.6. The van der Waals surface area contributed by atoms with Crippen molar-refractivity contribution in [2.75, 3.05) is 19.7 Å². The molecule has 1 saturated carbocycles. The van der Waals surface area contributed by atoms with Gasteiger partial charge in [0, 0.05) is 6.54 Å². The first-order valence-electron chi connectivity index (χ1n) is 15.0. The molecule has 1 saturated heterocycles. The van der Waals surface area contributed by atoms with Crippen molar-refractivity contribution in [3.63, 3.8) is 0 Å². The van der Waals surface area contributed by atoms with Gasteiger partial charge in [-0.2, -0.15) is 5.10 Å². The van der Waals surface area contributed by atoms with Gasteiger partial charge in [0.2, 0.25) is 0 Å². The average Bonchev–Trinajstić information content (AvgIpc) is 3.67. The van der Waals surface area contributed by atoms with Crippen LogP contribution in [-0.4, -0.2) is 65.6 Å². The van der Waals surface area contributed by atoms with E-state index in [1.807, 2.05) is 91.0 Å². The molecule has 1 heterocycles. The maximum Gasteiger partial charge on any atom is 0.427 e. The summed E-state index contributed by atoms with van der Waals surface area (Å²) in [6.45, 7) is 2.77. The van der Waals surface area contributed by atoms with Crippen LogP contribution in [-0.2, 0) is 27.4 Å². The quantitative estimate of drug-likeness (QED) is 0.175. The summed E-state index contributed by atoms with van der Waals surface area (Å²) in [7, 11) is 0. The normalized spacial score (nSPS) is 19.2. The summed E-state index contributed by atoms with van der Waals surface area (Å²) in [5.74, 6) is 0.225. The summed E-state index contributed by atoms with van der Waals surface area (Å²) in [5.41, 5.74) is 5.39. The molecule has 3 amide bonds. The second-order valence-corrected chi connectivity index (χ2v) is 10.8. The number of hydrazone groups is 1. The fourth-order valence-corrected chi connectivity index (χ4v) is 6.01. The third-order valence-corrected chi connectivity index (χ3v) is 8.08. The topological polar surface area (TPSA) is 110 Å². The Morgan fingerprint density at radius 3 is 2.07 bits per heavy atom. The Kier molecular flexibility index (Phi) is 10.5. The molecule has 0 radical (unpaired) electrons. The number of nitrogens with zero attached hydrogens (tertiary/aromatic N) is 3. The van der Waals surface area contributed by atoms with Gasteiger partial charge in [0.05, 0.1) is 30.9 Å². The Morgan fingerprint density at radius 1 is 0.818 bits per heavy atom. The molecule has 10 heteroatoms. The van der Waals surface area contributed by atoms with Crippen LogP contribution in [0.3, 0.4) is 0 Å². The van der Waals surface area contributed by atoms with Crippen molar-refractivity contribution in [3.8, 4) is 0 Å². The van der Waals surface area contributed by atoms with E-state index in [2.05, 4.69) is 10.5 Å². The van der Waals surface area contributed by atoms with Crippen molar-refractivity contribution in [1.29, 1.82) is 0 Å². The van der Waals surface area contributed by atoms with E-state index in [0.717, 1.165) is 29.5 Å². The fourth-order valence-electron chi connectivity index (χ4n) is 6.01. The summed E-state index contributed by atoms with van der Waals surface area (Å²) in [4.78, 5) is 42.8. The minimum atomic E-state index is -0.691. The molecule has 2 fully saturated rings. The first kappa shape index (κ1) is 30.6. The van der Waals surface area contributed by atoms with E-state index in [1.165, 1.54) is 0 Å². The van der Waals surface area contributed by atoms with Crippen molar-refractivity contribution in [3.05, 3.63) is 108 Å². The van der Waals surface area contributed by atoms with Crippen LogP contribution in [0.1, 0.15) is 42.9 Å². The molecule has 0 bridgehead atoms. The molecule has 0 spiro atoms. The number of likely N-dealkylation sites (tertiary alicyclic amines) is 1. The van der Waals surface area contributed by atoms with Crippen LogP contribution in [0.25, 0.3) is 0 Å². The van der Waals surface area contributed by atoms with Crippen LogP contribution >= 0.6 is 0 Å². The molecule has 0 aromatic heterocycles. The maximum absolute atomic E-state index is 13.9. The summed E-state index contributed by atoms with van der Waals surface area (Å²) in [6.07, 6.45) is 0.766. The number of ether oxygens (including phenoxy) is 3. The van der Waals surface area contributed by atoms with Gasteiger partial charge >= 0.3 is 18.3 Å². The Balaban J connectivity index is 1.40. The van der Waals surface area contributed by atoms with Gasteiger partial charge < -0.3 is 19.1 Å². The number of hydrogen-bond acceptors (Lipinski definition) is 7. The lowest BCUT2D eigenvalue weighted by molar-refractivity contribution is 0.0550. The molecule has 2 aliphatic rings. The molecule has 3 aromatic rings.